The van der Waals surface area contributed by atoms with Crippen LogP contribution in [0.25, 0.3) is 5.57 Å². The highest BCUT2D eigenvalue weighted by Gasteiger charge is 2.20. The zero-order valence-corrected chi connectivity index (χ0v) is 11.6. The number of hydrogen-bond acceptors (Lipinski definition) is 2. The molecule has 0 spiro atoms. The van der Waals surface area contributed by atoms with Gasteiger partial charge in [-0.1, -0.05) is 24.3 Å². The molecule has 0 unspecified atom stereocenters. The Morgan fingerprint density at radius 3 is 2.77 bits per heavy atom. The number of rotatable bonds is 2. The van der Waals surface area contributed by atoms with E-state index in [9.17, 15) is 9.18 Å². The Bertz CT molecular complexity index is 847. The molecule has 0 radical (unpaired) electrons. The van der Waals surface area contributed by atoms with Gasteiger partial charge in [0.05, 0.1) is 11.1 Å². The first-order valence-electron chi connectivity index (χ1n) is 6.87. The predicted molar refractivity (Wildman–Crippen MR) is 79.9 cm³/mol. The number of carbonyl (C=O) groups is 1. The van der Waals surface area contributed by atoms with Gasteiger partial charge in [-0.15, -0.1) is 0 Å². The molecule has 0 saturated heterocycles. The van der Waals surface area contributed by atoms with Crippen LogP contribution in [0.3, 0.4) is 0 Å². The Labute approximate surface area is 126 Å². The first-order valence-corrected chi connectivity index (χ1v) is 6.87. The molecular weight excluding hydrogens is 281 g/mol. The number of fused-ring (bicyclic) bond motifs is 1. The number of hydrogen-bond donors (Lipinski definition) is 1. The summed E-state index contributed by atoms with van der Waals surface area (Å²) in [6.45, 7) is 0. The van der Waals surface area contributed by atoms with E-state index in [-0.39, 0.29) is 11.1 Å². The van der Waals surface area contributed by atoms with Gasteiger partial charge in [-0.25, -0.2) is 9.18 Å². The number of nitrogens with zero attached hydrogens (tertiary/aromatic N) is 1. The monoisotopic (exact) mass is 293 g/mol. The summed E-state index contributed by atoms with van der Waals surface area (Å²) in [5, 5.41) is 18.1. The van der Waals surface area contributed by atoms with Crippen LogP contribution in [0.4, 0.5) is 4.39 Å². The fourth-order valence-electron chi connectivity index (χ4n) is 2.74. The Morgan fingerprint density at radius 1 is 1.23 bits per heavy atom. The second-order valence-corrected chi connectivity index (χ2v) is 5.11. The highest BCUT2D eigenvalue weighted by Crippen LogP contribution is 2.34. The lowest BCUT2D eigenvalue weighted by Gasteiger charge is -2.19. The van der Waals surface area contributed by atoms with Crippen molar-refractivity contribution in [2.45, 2.75) is 12.8 Å². The standard InChI is InChI=1S/C18H12FNO2/c19-17-13(10-20)4-2-6-15(17)14-5-1-3-11-7-8-12(18(21)22)9-16(11)14/h2,4-9H,1,3H2,(H,21,22). The average Bonchev–Trinajstić information content (AvgIpc) is 2.54. The van der Waals surface area contributed by atoms with Gasteiger partial charge in [-0.05, 0) is 47.7 Å². The van der Waals surface area contributed by atoms with Crippen molar-refractivity contribution in [3.8, 4) is 6.07 Å². The number of carboxylic acids is 1. The molecule has 4 heteroatoms. The van der Waals surface area contributed by atoms with Crippen LogP contribution in [0, 0.1) is 17.1 Å². The lowest BCUT2D eigenvalue weighted by molar-refractivity contribution is 0.0697. The highest BCUT2D eigenvalue weighted by molar-refractivity contribution is 5.91. The summed E-state index contributed by atoms with van der Waals surface area (Å²) in [4.78, 5) is 11.2. The summed E-state index contributed by atoms with van der Waals surface area (Å²) in [5.74, 6) is -1.58. The Balaban J connectivity index is 2.19. The molecule has 1 N–H and O–H groups in total. The van der Waals surface area contributed by atoms with Gasteiger partial charge in [0, 0.05) is 5.56 Å². The third-order valence-corrected chi connectivity index (χ3v) is 3.82. The number of benzene rings is 2. The van der Waals surface area contributed by atoms with Gasteiger partial charge >= 0.3 is 5.97 Å². The molecule has 3 rings (SSSR count). The smallest absolute Gasteiger partial charge is 0.335 e. The van der Waals surface area contributed by atoms with Crippen molar-refractivity contribution in [2.75, 3.05) is 0 Å². The molecule has 0 atom stereocenters. The largest absolute Gasteiger partial charge is 0.478 e. The van der Waals surface area contributed by atoms with Crippen LogP contribution in [0.1, 0.15) is 39.0 Å². The maximum Gasteiger partial charge on any atom is 0.335 e. The van der Waals surface area contributed by atoms with Crippen molar-refractivity contribution in [3.63, 3.8) is 0 Å². The molecule has 108 valence electrons. The third-order valence-electron chi connectivity index (χ3n) is 3.82. The quantitative estimate of drug-likeness (QED) is 0.916. The number of aryl methyl sites for hydroxylation is 1. The van der Waals surface area contributed by atoms with Crippen LogP contribution in [0.2, 0.25) is 0 Å². The Morgan fingerprint density at radius 2 is 2.05 bits per heavy atom. The summed E-state index contributed by atoms with van der Waals surface area (Å²) in [6, 6.07) is 11.4. The molecule has 0 aromatic heterocycles. The van der Waals surface area contributed by atoms with E-state index in [1.54, 1.807) is 30.3 Å². The van der Waals surface area contributed by atoms with Gasteiger partial charge in [-0.3, -0.25) is 0 Å². The van der Waals surface area contributed by atoms with Gasteiger partial charge in [0.25, 0.3) is 0 Å². The van der Waals surface area contributed by atoms with E-state index in [4.69, 9.17) is 10.4 Å². The second kappa shape index (κ2) is 5.45. The SMILES string of the molecule is N#Cc1cccc(C2=CCCc3ccc(C(=O)O)cc32)c1F. The minimum absolute atomic E-state index is 0.0140. The maximum absolute atomic E-state index is 14.4. The number of allylic oxidation sites excluding steroid dienone is 1. The average molecular weight is 293 g/mol. The molecule has 0 bridgehead atoms. The van der Waals surface area contributed by atoms with Crippen LogP contribution in [0.5, 0.6) is 0 Å². The van der Waals surface area contributed by atoms with Gasteiger partial charge in [0.1, 0.15) is 11.9 Å². The third kappa shape index (κ3) is 2.27. The van der Waals surface area contributed by atoms with E-state index >= 15 is 0 Å². The van der Waals surface area contributed by atoms with Crippen LogP contribution in [-0.2, 0) is 6.42 Å². The number of nitriles is 1. The summed E-state index contributed by atoms with van der Waals surface area (Å²) in [6.07, 6.45) is 3.44. The number of carboxylic acid groups (broad SMARTS) is 1. The van der Waals surface area contributed by atoms with Crippen molar-refractivity contribution in [1.29, 1.82) is 5.26 Å². The van der Waals surface area contributed by atoms with Crippen molar-refractivity contribution in [2.24, 2.45) is 0 Å². The first-order chi connectivity index (χ1) is 10.6. The van der Waals surface area contributed by atoms with E-state index in [0.717, 1.165) is 24.0 Å². The van der Waals surface area contributed by atoms with Gasteiger partial charge in [-0.2, -0.15) is 5.26 Å². The lowest BCUT2D eigenvalue weighted by Crippen LogP contribution is -2.06. The second-order valence-electron chi connectivity index (χ2n) is 5.11. The minimum atomic E-state index is -1.01. The molecule has 1 aliphatic carbocycles. The normalized spacial score (nSPS) is 13.0. The van der Waals surface area contributed by atoms with Crippen LogP contribution >= 0.6 is 0 Å². The highest BCUT2D eigenvalue weighted by atomic mass is 19.1. The summed E-state index contributed by atoms with van der Waals surface area (Å²) >= 11 is 0. The van der Waals surface area contributed by atoms with E-state index in [2.05, 4.69) is 0 Å². The molecule has 22 heavy (non-hydrogen) atoms. The maximum atomic E-state index is 14.4. The van der Waals surface area contributed by atoms with Crippen molar-refractivity contribution in [3.05, 3.63) is 76.1 Å². The van der Waals surface area contributed by atoms with Crippen LogP contribution < -0.4 is 0 Å². The van der Waals surface area contributed by atoms with E-state index in [1.807, 2.05) is 12.1 Å². The summed E-state index contributed by atoms with van der Waals surface area (Å²) in [7, 11) is 0. The molecule has 0 heterocycles. The van der Waals surface area contributed by atoms with E-state index in [1.165, 1.54) is 6.07 Å². The van der Waals surface area contributed by atoms with E-state index < -0.39 is 11.8 Å². The zero-order valence-electron chi connectivity index (χ0n) is 11.6. The van der Waals surface area contributed by atoms with Gasteiger partial charge in [0.2, 0.25) is 0 Å². The van der Waals surface area contributed by atoms with Crippen LogP contribution in [0.15, 0.2) is 42.5 Å². The molecule has 0 fully saturated rings. The molecule has 0 aliphatic heterocycles. The molecule has 2 aromatic rings. The minimum Gasteiger partial charge on any atom is -0.478 e. The molecule has 0 amide bonds. The van der Waals surface area contributed by atoms with Gasteiger partial charge in [0.15, 0.2) is 0 Å². The molecular formula is C18H12FNO2. The number of halogens is 1. The Hall–Kier alpha value is -2.93. The topological polar surface area (TPSA) is 61.1 Å². The fourth-order valence-corrected chi connectivity index (χ4v) is 2.74. The molecule has 3 nitrogen and oxygen atoms in total. The molecule has 2 aromatic carbocycles. The van der Waals surface area contributed by atoms with Crippen molar-refractivity contribution < 1.29 is 14.3 Å². The molecule has 0 saturated carbocycles. The number of aromatic carboxylic acids is 1. The molecule has 1 aliphatic rings. The Kier molecular flexibility index (Phi) is 3.48. The summed E-state index contributed by atoms with van der Waals surface area (Å²) < 4.78 is 14.4. The van der Waals surface area contributed by atoms with Gasteiger partial charge < -0.3 is 5.11 Å². The van der Waals surface area contributed by atoms with E-state index in [0.29, 0.717) is 11.1 Å². The van der Waals surface area contributed by atoms with Crippen LogP contribution in [-0.4, -0.2) is 11.1 Å². The summed E-state index contributed by atoms with van der Waals surface area (Å²) in [5.41, 5.74) is 2.86. The van der Waals surface area contributed by atoms with Crippen molar-refractivity contribution in [1.82, 2.24) is 0 Å². The lowest BCUT2D eigenvalue weighted by atomic mass is 9.85. The predicted octanol–water partition coefficient (Wildman–Crippen LogP) is 3.77. The fraction of sp³-hybridized carbons (Fsp3) is 0.111. The first kappa shape index (κ1) is 14.0. The zero-order chi connectivity index (χ0) is 15.7. The van der Waals surface area contributed by atoms with Crippen molar-refractivity contribution >= 4 is 11.5 Å².